The molecule has 21 heavy (non-hydrogen) atoms. The zero-order valence-electron chi connectivity index (χ0n) is 11.7. The van der Waals surface area contributed by atoms with Crippen LogP contribution >= 0.6 is 0 Å². The van der Waals surface area contributed by atoms with E-state index in [1.54, 1.807) is 0 Å². The quantitative estimate of drug-likeness (QED) is 0.439. The molecule has 2 rings (SSSR count). The lowest BCUT2D eigenvalue weighted by molar-refractivity contribution is -0.384. The average molecular weight is 288 g/mol. The fourth-order valence-electron chi connectivity index (χ4n) is 1.87. The summed E-state index contributed by atoms with van der Waals surface area (Å²) in [6, 6.07) is 10.2. The maximum Gasteiger partial charge on any atom is 0.276 e. The Hall–Kier alpha value is -2.87. The second-order valence-electron chi connectivity index (χ2n) is 4.53. The Morgan fingerprint density at radius 1 is 1.24 bits per heavy atom. The highest BCUT2D eigenvalue weighted by molar-refractivity contribution is 5.74. The molecule has 1 heterocycles. The van der Waals surface area contributed by atoms with Gasteiger partial charge in [-0.1, -0.05) is 12.1 Å². The number of benzene rings is 1. The Labute approximate surface area is 121 Å². The first-order valence-corrected chi connectivity index (χ1v) is 6.17. The highest BCUT2D eigenvalue weighted by Crippen LogP contribution is 2.28. The number of pyridine rings is 1. The lowest BCUT2D eigenvalue weighted by Gasteiger charge is -2.18. The molecule has 1 aromatic heterocycles. The van der Waals surface area contributed by atoms with E-state index in [-0.39, 0.29) is 11.5 Å². The molecule has 110 valence electrons. The maximum atomic E-state index is 10.9. The van der Waals surface area contributed by atoms with Gasteiger partial charge >= 0.3 is 0 Å². The molecule has 0 fully saturated rings. The molecule has 0 aliphatic carbocycles. The molecule has 1 aromatic carbocycles. The third kappa shape index (κ3) is 3.37. The molecule has 0 radical (unpaired) electrons. The molecule has 8 nitrogen and oxygen atoms in total. The standard InChI is InChI=1S/C13H16N6O2/c1-18(2)11-6-4-3-5-10(11)15-12-7-9(19(20)21)8-13(16-12)17-14/h3-8H,14H2,1-2H3,(H2,15,16,17). The molecular formula is C13H16N6O2. The van der Waals surface area contributed by atoms with Crippen molar-refractivity contribution in [1.29, 1.82) is 0 Å². The predicted octanol–water partition coefficient (Wildman–Crippen LogP) is 2.08. The molecule has 0 saturated heterocycles. The lowest BCUT2D eigenvalue weighted by atomic mass is 10.2. The minimum absolute atomic E-state index is 0.0946. The number of para-hydroxylation sites is 2. The maximum absolute atomic E-state index is 10.9. The first-order chi connectivity index (χ1) is 10.0. The minimum Gasteiger partial charge on any atom is -0.376 e. The van der Waals surface area contributed by atoms with Crippen molar-refractivity contribution in [3.05, 3.63) is 46.5 Å². The number of rotatable bonds is 5. The van der Waals surface area contributed by atoms with Gasteiger partial charge in [0.2, 0.25) is 0 Å². The summed E-state index contributed by atoms with van der Waals surface area (Å²) in [5.74, 6) is 5.84. The third-order valence-corrected chi connectivity index (χ3v) is 2.82. The summed E-state index contributed by atoms with van der Waals surface area (Å²) in [6.45, 7) is 0. The molecule has 0 amide bonds. The Kier molecular flexibility index (Phi) is 4.19. The number of nitro groups is 1. The Morgan fingerprint density at radius 2 is 1.90 bits per heavy atom. The molecule has 8 heteroatoms. The molecule has 0 aliphatic rings. The summed E-state index contributed by atoms with van der Waals surface area (Å²) in [4.78, 5) is 16.5. The highest BCUT2D eigenvalue weighted by atomic mass is 16.6. The molecule has 0 aliphatic heterocycles. The molecule has 2 aromatic rings. The zero-order chi connectivity index (χ0) is 15.4. The van der Waals surface area contributed by atoms with Gasteiger partial charge in [-0.05, 0) is 12.1 Å². The fraction of sp³-hybridized carbons (Fsp3) is 0.154. The van der Waals surface area contributed by atoms with Gasteiger partial charge in [-0.3, -0.25) is 10.1 Å². The van der Waals surface area contributed by atoms with Crippen molar-refractivity contribution in [2.45, 2.75) is 0 Å². The third-order valence-electron chi connectivity index (χ3n) is 2.82. The number of nitrogens with zero attached hydrogens (tertiary/aromatic N) is 3. The summed E-state index contributed by atoms with van der Waals surface area (Å²) in [5, 5.41) is 14.0. The van der Waals surface area contributed by atoms with Crippen molar-refractivity contribution in [2.75, 3.05) is 29.7 Å². The van der Waals surface area contributed by atoms with Crippen LogP contribution in [0.1, 0.15) is 0 Å². The van der Waals surface area contributed by atoms with Crippen LogP contribution in [0.5, 0.6) is 0 Å². The molecule has 0 bridgehead atoms. The highest BCUT2D eigenvalue weighted by Gasteiger charge is 2.12. The fourth-order valence-corrected chi connectivity index (χ4v) is 1.87. The van der Waals surface area contributed by atoms with Gasteiger partial charge in [-0.25, -0.2) is 10.8 Å². The smallest absolute Gasteiger partial charge is 0.276 e. The van der Waals surface area contributed by atoms with Gasteiger partial charge in [0.05, 0.1) is 28.4 Å². The summed E-state index contributed by atoms with van der Waals surface area (Å²) in [5.41, 5.74) is 3.95. The topological polar surface area (TPSA) is 109 Å². The van der Waals surface area contributed by atoms with Gasteiger partial charge in [0.1, 0.15) is 11.6 Å². The lowest BCUT2D eigenvalue weighted by Crippen LogP contribution is -2.12. The van der Waals surface area contributed by atoms with E-state index in [1.807, 2.05) is 43.3 Å². The Morgan fingerprint density at radius 3 is 2.52 bits per heavy atom. The van der Waals surface area contributed by atoms with Gasteiger partial charge in [-0.2, -0.15) is 0 Å². The average Bonchev–Trinajstić information content (AvgIpc) is 2.47. The largest absolute Gasteiger partial charge is 0.376 e. The Bertz CT molecular complexity index is 659. The predicted molar refractivity (Wildman–Crippen MR) is 82.8 cm³/mol. The number of nitrogens with one attached hydrogen (secondary N) is 2. The van der Waals surface area contributed by atoms with Crippen molar-refractivity contribution >= 4 is 28.7 Å². The number of hydrazine groups is 1. The van der Waals surface area contributed by atoms with Crippen molar-refractivity contribution in [3.8, 4) is 0 Å². The number of nitrogen functional groups attached to an aromatic ring is 1. The summed E-state index contributed by atoms with van der Waals surface area (Å²) in [7, 11) is 3.82. The molecule has 4 N–H and O–H groups in total. The first-order valence-electron chi connectivity index (χ1n) is 6.17. The zero-order valence-corrected chi connectivity index (χ0v) is 11.7. The number of anilines is 4. The number of hydrogen-bond donors (Lipinski definition) is 3. The van der Waals surface area contributed by atoms with E-state index in [4.69, 9.17) is 5.84 Å². The molecule has 0 atom stereocenters. The van der Waals surface area contributed by atoms with E-state index < -0.39 is 4.92 Å². The summed E-state index contributed by atoms with van der Waals surface area (Å²) < 4.78 is 0. The van der Waals surface area contributed by atoms with Crippen LogP contribution in [0, 0.1) is 10.1 Å². The molecule has 0 saturated carbocycles. The van der Waals surface area contributed by atoms with Crippen LogP contribution in [-0.2, 0) is 0 Å². The second-order valence-corrected chi connectivity index (χ2v) is 4.53. The van der Waals surface area contributed by atoms with Gasteiger partial charge in [0.25, 0.3) is 5.69 Å². The van der Waals surface area contributed by atoms with Crippen molar-refractivity contribution in [2.24, 2.45) is 5.84 Å². The second kappa shape index (κ2) is 6.06. The molecule has 0 spiro atoms. The number of nitrogens with two attached hydrogens (primary N) is 1. The number of hydrogen-bond acceptors (Lipinski definition) is 7. The van der Waals surface area contributed by atoms with E-state index in [2.05, 4.69) is 15.7 Å². The normalized spacial score (nSPS) is 10.0. The van der Waals surface area contributed by atoms with E-state index in [9.17, 15) is 10.1 Å². The molecular weight excluding hydrogens is 272 g/mol. The van der Waals surface area contributed by atoms with E-state index >= 15 is 0 Å². The summed E-state index contributed by atoms with van der Waals surface area (Å²) >= 11 is 0. The van der Waals surface area contributed by atoms with Crippen LogP contribution in [0.4, 0.5) is 28.7 Å². The van der Waals surface area contributed by atoms with Crippen molar-refractivity contribution in [3.63, 3.8) is 0 Å². The first kappa shape index (κ1) is 14.5. The van der Waals surface area contributed by atoms with Crippen LogP contribution in [-0.4, -0.2) is 24.0 Å². The van der Waals surface area contributed by atoms with E-state index in [1.165, 1.54) is 12.1 Å². The summed E-state index contributed by atoms with van der Waals surface area (Å²) in [6.07, 6.45) is 0. The van der Waals surface area contributed by atoms with Crippen LogP contribution in [0.25, 0.3) is 0 Å². The van der Waals surface area contributed by atoms with Crippen LogP contribution in [0.2, 0.25) is 0 Å². The van der Waals surface area contributed by atoms with Crippen molar-refractivity contribution in [1.82, 2.24) is 4.98 Å². The van der Waals surface area contributed by atoms with Crippen LogP contribution < -0.4 is 21.5 Å². The number of aromatic nitrogens is 1. The van der Waals surface area contributed by atoms with E-state index in [0.717, 1.165) is 11.4 Å². The van der Waals surface area contributed by atoms with Gasteiger partial charge < -0.3 is 15.6 Å². The minimum atomic E-state index is -0.494. The van der Waals surface area contributed by atoms with Crippen molar-refractivity contribution < 1.29 is 4.92 Å². The monoisotopic (exact) mass is 288 g/mol. The van der Waals surface area contributed by atoms with Gasteiger partial charge in [0.15, 0.2) is 0 Å². The van der Waals surface area contributed by atoms with Gasteiger partial charge in [-0.15, -0.1) is 0 Å². The van der Waals surface area contributed by atoms with Gasteiger partial charge in [0, 0.05) is 14.1 Å². The molecule has 0 unspecified atom stereocenters. The SMILES string of the molecule is CN(C)c1ccccc1Nc1cc([N+](=O)[O-])cc(NN)n1. The Balaban J connectivity index is 2.40. The van der Waals surface area contributed by atoms with Crippen LogP contribution in [0.15, 0.2) is 36.4 Å². The van der Waals surface area contributed by atoms with E-state index in [0.29, 0.717) is 5.82 Å². The van der Waals surface area contributed by atoms with Crippen LogP contribution in [0.3, 0.4) is 0 Å².